The van der Waals surface area contributed by atoms with Gasteiger partial charge in [0.05, 0.1) is 7.11 Å². The van der Waals surface area contributed by atoms with Gasteiger partial charge in [-0.3, -0.25) is 0 Å². The minimum atomic E-state index is 0.582. The first-order valence-electron chi connectivity index (χ1n) is 6.40. The molecule has 0 fully saturated rings. The SMILES string of the molecule is CCNCc1cc(Br)cnc1Oc1ccccc1OC. The van der Waals surface area contributed by atoms with Gasteiger partial charge in [0.1, 0.15) is 0 Å². The van der Waals surface area contributed by atoms with E-state index in [4.69, 9.17) is 9.47 Å². The van der Waals surface area contributed by atoms with Crippen LogP contribution in [0.15, 0.2) is 41.0 Å². The lowest BCUT2D eigenvalue weighted by Crippen LogP contribution is -2.13. The molecule has 0 radical (unpaired) electrons. The Labute approximate surface area is 127 Å². The molecule has 0 aliphatic heterocycles. The van der Waals surface area contributed by atoms with Gasteiger partial charge >= 0.3 is 0 Å². The van der Waals surface area contributed by atoms with Gasteiger partial charge in [-0.05, 0) is 40.7 Å². The minimum absolute atomic E-state index is 0.582. The number of nitrogens with one attached hydrogen (secondary N) is 1. The van der Waals surface area contributed by atoms with E-state index >= 15 is 0 Å². The molecule has 0 aliphatic rings. The van der Waals surface area contributed by atoms with Gasteiger partial charge in [-0.1, -0.05) is 19.1 Å². The van der Waals surface area contributed by atoms with Crippen LogP contribution in [0, 0.1) is 0 Å². The lowest BCUT2D eigenvalue weighted by atomic mass is 10.2. The second kappa shape index (κ2) is 7.26. The van der Waals surface area contributed by atoms with Crippen LogP contribution in [-0.4, -0.2) is 18.6 Å². The lowest BCUT2D eigenvalue weighted by Gasteiger charge is -2.13. The molecule has 106 valence electrons. The summed E-state index contributed by atoms with van der Waals surface area (Å²) >= 11 is 3.43. The molecule has 0 bridgehead atoms. The summed E-state index contributed by atoms with van der Waals surface area (Å²) in [4.78, 5) is 4.34. The third-order valence-corrected chi connectivity index (χ3v) is 3.17. The maximum absolute atomic E-state index is 5.89. The van der Waals surface area contributed by atoms with E-state index in [1.54, 1.807) is 13.3 Å². The van der Waals surface area contributed by atoms with E-state index in [-0.39, 0.29) is 0 Å². The van der Waals surface area contributed by atoms with Crippen LogP contribution >= 0.6 is 15.9 Å². The molecule has 1 aromatic heterocycles. The van der Waals surface area contributed by atoms with Crippen LogP contribution in [-0.2, 0) is 6.54 Å². The van der Waals surface area contributed by atoms with Crippen molar-refractivity contribution in [1.29, 1.82) is 0 Å². The number of hydrogen-bond donors (Lipinski definition) is 1. The average molecular weight is 337 g/mol. The van der Waals surface area contributed by atoms with Crippen LogP contribution in [0.3, 0.4) is 0 Å². The third-order valence-electron chi connectivity index (χ3n) is 2.73. The predicted octanol–water partition coefficient (Wildman–Crippen LogP) is 3.75. The highest BCUT2D eigenvalue weighted by Gasteiger charge is 2.10. The van der Waals surface area contributed by atoms with Crippen molar-refractivity contribution in [2.45, 2.75) is 13.5 Å². The van der Waals surface area contributed by atoms with E-state index in [9.17, 15) is 0 Å². The molecule has 5 heteroatoms. The zero-order valence-electron chi connectivity index (χ0n) is 11.5. The van der Waals surface area contributed by atoms with Gasteiger partial charge in [-0.2, -0.15) is 0 Å². The average Bonchev–Trinajstić information content (AvgIpc) is 2.48. The van der Waals surface area contributed by atoms with Crippen molar-refractivity contribution in [3.05, 3.63) is 46.6 Å². The van der Waals surface area contributed by atoms with Gasteiger partial charge in [0.25, 0.3) is 0 Å². The topological polar surface area (TPSA) is 43.4 Å². The van der Waals surface area contributed by atoms with Crippen molar-refractivity contribution in [3.8, 4) is 17.4 Å². The summed E-state index contributed by atoms with van der Waals surface area (Å²) in [6, 6.07) is 9.53. The van der Waals surface area contributed by atoms with E-state index in [1.165, 1.54) is 0 Å². The number of halogens is 1. The number of aromatic nitrogens is 1. The molecule has 2 aromatic rings. The molecule has 0 unspecified atom stereocenters. The van der Waals surface area contributed by atoms with E-state index < -0.39 is 0 Å². The Balaban J connectivity index is 2.28. The van der Waals surface area contributed by atoms with Gasteiger partial charge < -0.3 is 14.8 Å². The van der Waals surface area contributed by atoms with Crippen molar-refractivity contribution in [1.82, 2.24) is 10.3 Å². The normalized spacial score (nSPS) is 10.3. The van der Waals surface area contributed by atoms with Crippen molar-refractivity contribution in [2.24, 2.45) is 0 Å². The van der Waals surface area contributed by atoms with E-state index in [1.807, 2.05) is 30.3 Å². The molecule has 0 amide bonds. The van der Waals surface area contributed by atoms with E-state index in [0.29, 0.717) is 23.9 Å². The number of nitrogens with zero attached hydrogens (tertiary/aromatic N) is 1. The zero-order chi connectivity index (χ0) is 14.4. The summed E-state index contributed by atoms with van der Waals surface area (Å²) in [6.45, 7) is 3.65. The number of pyridine rings is 1. The monoisotopic (exact) mass is 336 g/mol. The number of methoxy groups -OCH3 is 1. The fraction of sp³-hybridized carbons (Fsp3) is 0.267. The van der Waals surface area contributed by atoms with Crippen LogP contribution in [0.25, 0.3) is 0 Å². The zero-order valence-corrected chi connectivity index (χ0v) is 13.1. The van der Waals surface area contributed by atoms with Crippen molar-refractivity contribution in [2.75, 3.05) is 13.7 Å². The molecule has 0 saturated carbocycles. The largest absolute Gasteiger partial charge is 0.493 e. The summed E-state index contributed by atoms with van der Waals surface area (Å²) in [5.74, 6) is 1.92. The first-order chi connectivity index (χ1) is 9.74. The van der Waals surface area contributed by atoms with Crippen molar-refractivity contribution in [3.63, 3.8) is 0 Å². The molecule has 20 heavy (non-hydrogen) atoms. The van der Waals surface area contributed by atoms with Crippen molar-refractivity contribution >= 4 is 15.9 Å². The summed E-state index contributed by atoms with van der Waals surface area (Å²) in [5.41, 5.74) is 0.993. The second-order valence-corrected chi connectivity index (χ2v) is 5.07. The molecule has 0 atom stereocenters. The molecule has 0 spiro atoms. The smallest absolute Gasteiger partial charge is 0.223 e. The lowest BCUT2D eigenvalue weighted by molar-refractivity contribution is 0.372. The molecule has 1 aromatic carbocycles. The first-order valence-corrected chi connectivity index (χ1v) is 7.20. The molecule has 0 saturated heterocycles. The van der Waals surface area contributed by atoms with Crippen LogP contribution < -0.4 is 14.8 Å². The highest BCUT2D eigenvalue weighted by molar-refractivity contribution is 9.10. The Hall–Kier alpha value is -1.59. The minimum Gasteiger partial charge on any atom is -0.493 e. The van der Waals surface area contributed by atoms with E-state index in [2.05, 4.69) is 33.2 Å². The summed E-state index contributed by atoms with van der Waals surface area (Å²) in [6.07, 6.45) is 1.72. The summed E-state index contributed by atoms with van der Waals surface area (Å²) in [5, 5.41) is 3.27. The molecule has 1 heterocycles. The number of ether oxygens (including phenoxy) is 2. The standard InChI is InChI=1S/C15H17BrN2O2/c1-3-17-9-11-8-12(16)10-18-15(11)20-14-7-5-4-6-13(14)19-2/h4-8,10,17H,3,9H2,1-2H3. The van der Waals surface area contributed by atoms with Gasteiger partial charge in [-0.25, -0.2) is 4.98 Å². The Morgan fingerprint density at radius 3 is 2.70 bits per heavy atom. The maximum Gasteiger partial charge on any atom is 0.223 e. The first kappa shape index (κ1) is 14.8. The third kappa shape index (κ3) is 3.71. The highest BCUT2D eigenvalue weighted by atomic mass is 79.9. The summed E-state index contributed by atoms with van der Waals surface area (Å²) < 4.78 is 12.1. The van der Waals surface area contributed by atoms with Crippen LogP contribution in [0.4, 0.5) is 0 Å². The van der Waals surface area contributed by atoms with Crippen LogP contribution in [0.2, 0.25) is 0 Å². The van der Waals surface area contributed by atoms with Crippen LogP contribution in [0.5, 0.6) is 17.4 Å². The molecule has 4 nitrogen and oxygen atoms in total. The number of rotatable bonds is 6. The Kier molecular flexibility index (Phi) is 5.38. The number of para-hydroxylation sites is 2. The Morgan fingerprint density at radius 2 is 2.00 bits per heavy atom. The highest BCUT2D eigenvalue weighted by Crippen LogP contribution is 2.32. The van der Waals surface area contributed by atoms with Crippen LogP contribution in [0.1, 0.15) is 12.5 Å². The molecule has 0 aliphatic carbocycles. The van der Waals surface area contributed by atoms with Gasteiger partial charge in [0, 0.05) is 22.8 Å². The Bertz CT molecular complexity index is 576. The quantitative estimate of drug-likeness (QED) is 0.872. The van der Waals surface area contributed by atoms with Gasteiger partial charge in [0.2, 0.25) is 5.88 Å². The molecule has 2 rings (SSSR count). The predicted molar refractivity (Wildman–Crippen MR) is 82.4 cm³/mol. The Morgan fingerprint density at radius 1 is 1.25 bits per heavy atom. The molecule has 1 N–H and O–H groups in total. The fourth-order valence-corrected chi connectivity index (χ4v) is 2.13. The second-order valence-electron chi connectivity index (χ2n) is 4.15. The van der Waals surface area contributed by atoms with Gasteiger partial charge in [0.15, 0.2) is 11.5 Å². The maximum atomic E-state index is 5.89. The van der Waals surface area contributed by atoms with Gasteiger partial charge in [-0.15, -0.1) is 0 Å². The number of hydrogen-bond acceptors (Lipinski definition) is 4. The molecular weight excluding hydrogens is 320 g/mol. The molecular formula is C15H17BrN2O2. The summed E-state index contributed by atoms with van der Waals surface area (Å²) in [7, 11) is 1.62. The fourth-order valence-electron chi connectivity index (χ4n) is 1.75. The number of benzene rings is 1. The van der Waals surface area contributed by atoms with Crippen molar-refractivity contribution < 1.29 is 9.47 Å². The van der Waals surface area contributed by atoms with E-state index in [0.717, 1.165) is 16.6 Å².